The monoisotopic (exact) mass is 270 g/mol. The molecule has 0 saturated carbocycles. The number of hydrogen-bond acceptors (Lipinski definition) is 5. The Morgan fingerprint density at radius 1 is 1.47 bits per heavy atom. The fourth-order valence-electron chi connectivity index (χ4n) is 1.48. The highest BCUT2D eigenvalue weighted by atomic mass is 16.5. The van der Waals surface area contributed by atoms with Crippen molar-refractivity contribution in [2.75, 3.05) is 33.4 Å². The van der Waals surface area contributed by atoms with Crippen LogP contribution in [0, 0.1) is 0 Å². The number of carboxylic acid groups (broad SMARTS) is 1. The molecule has 7 nitrogen and oxygen atoms in total. The first-order valence-electron chi connectivity index (χ1n) is 5.84. The fourth-order valence-corrected chi connectivity index (χ4v) is 1.48. The molecule has 0 fully saturated rings. The van der Waals surface area contributed by atoms with Crippen molar-refractivity contribution in [2.45, 2.75) is 6.54 Å². The standard InChI is InChI=1S/C12H18N2O5/c1-18-6-4-14(9-12(16)17)8-11(15)13-7-10-3-2-5-19-10/h2-3,5H,4,6-9H2,1H3,(H,13,15)(H,16,17). The van der Waals surface area contributed by atoms with Crippen LogP contribution in [0.2, 0.25) is 0 Å². The Balaban J connectivity index is 2.34. The van der Waals surface area contributed by atoms with Crippen LogP contribution in [0.15, 0.2) is 22.8 Å². The third-order valence-corrected chi connectivity index (χ3v) is 2.38. The van der Waals surface area contributed by atoms with Gasteiger partial charge >= 0.3 is 5.97 Å². The first-order chi connectivity index (χ1) is 9.11. The minimum absolute atomic E-state index is 0.0103. The summed E-state index contributed by atoms with van der Waals surface area (Å²) in [5.41, 5.74) is 0. The average Bonchev–Trinajstić information content (AvgIpc) is 2.86. The lowest BCUT2D eigenvalue weighted by molar-refractivity contribution is -0.138. The van der Waals surface area contributed by atoms with Crippen LogP contribution in [0.5, 0.6) is 0 Å². The molecular weight excluding hydrogens is 252 g/mol. The summed E-state index contributed by atoms with van der Waals surface area (Å²) >= 11 is 0. The largest absolute Gasteiger partial charge is 0.480 e. The van der Waals surface area contributed by atoms with Gasteiger partial charge in [-0.3, -0.25) is 14.5 Å². The van der Waals surface area contributed by atoms with Crippen molar-refractivity contribution in [1.82, 2.24) is 10.2 Å². The van der Waals surface area contributed by atoms with Gasteiger partial charge in [-0.05, 0) is 12.1 Å². The summed E-state index contributed by atoms with van der Waals surface area (Å²) < 4.78 is 9.95. The number of nitrogens with one attached hydrogen (secondary N) is 1. The molecule has 1 amide bonds. The number of carboxylic acids is 1. The van der Waals surface area contributed by atoms with Crippen LogP contribution >= 0.6 is 0 Å². The smallest absolute Gasteiger partial charge is 0.317 e. The van der Waals surface area contributed by atoms with Gasteiger partial charge in [0.2, 0.25) is 5.91 Å². The Kier molecular flexibility index (Phi) is 6.62. The zero-order chi connectivity index (χ0) is 14.1. The third-order valence-electron chi connectivity index (χ3n) is 2.38. The molecule has 0 unspecified atom stereocenters. The van der Waals surface area contributed by atoms with Crippen LogP contribution in [0.25, 0.3) is 0 Å². The summed E-state index contributed by atoms with van der Waals surface area (Å²) in [7, 11) is 1.52. The first kappa shape index (κ1) is 15.2. The molecule has 0 saturated heterocycles. The van der Waals surface area contributed by atoms with Crippen LogP contribution in [0.3, 0.4) is 0 Å². The van der Waals surface area contributed by atoms with Crippen molar-refractivity contribution in [2.24, 2.45) is 0 Å². The summed E-state index contributed by atoms with van der Waals surface area (Å²) in [4.78, 5) is 23.8. The second-order valence-electron chi connectivity index (χ2n) is 3.95. The molecule has 0 atom stereocenters. The summed E-state index contributed by atoms with van der Waals surface area (Å²) in [6.07, 6.45) is 1.52. The van der Waals surface area contributed by atoms with Gasteiger partial charge in [-0.25, -0.2) is 0 Å². The van der Waals surface area contributed by atoms with Gasteiger partial charge in [0.25, 0.3) is 0 Å². The molecule has 1 rings (SSSR count). The quantitative estimate of drug-likeness (QED) is 0.652. The Bertz CT molecular complexity index is 391. The summed E-state index contributed by atoms with van der Waals surface area (Å²) in [6, 6.07) is 3.48. The topological polar surface area (TPSA) is 92.0 Å². The molecule has 1 aromatic heterocycles. The van der Waals surface area contributed by atoms with E-state index in [1.165, 1.54) is 18.3 Å². The Hall–Kier alpha value is -1.86. The first-order valence-corrected chi connectivity index (χ1v) is 5.84. The maximum Gasteiger partial charge on any atom is 0.317 e. The van der Waals surface area contributed by atoms with Crippen LogP contribution in [0.4, 0.5) is 0 Å². The van der Waals surface area contributed by atoms with Gasteiger partial charge in [0.15, 0.2) is 0 Å². The number of carbonyl (C=O) groups excluding carboxylic acids is 1. The zero-order valence-electron chi connectivity index (χ0n) is 10.8. The van der Waals surface area contributed by atoms with Gasteiger partial charge < -0.3 is 19.6 Å². The van der Waals surface area contributed by atoms with Crippen LogP contribution < -0.4 is 5.32 Å². The van der Waals surface area contributed by atoms with E-state index in [0.717, 1.165) is 0 Å². The highest BCUT2D eigenvalue weighted by Gasteiger charge is 2.13. The molecule has 1 aromatic rings. The summed E-state index contributed by atoms with van der Waals surface area (Å²) in [5, 5.41) is 11.4. The van der Waals surface area contributed by atoms with E-state index in [4.69, 9.17) is 14.3 Å². The van der Waals surface area contributed by atoms with Crippen LogP contribution in [-0.2, 0) is 20.9 Å². The molecule has 0 bridgehead atoms. The molecule has 0 radical (unpaired) electrons. The maximum absolute atomic E-state index is 11.7. The lowest BCUT2D eigenvalue weighted by Gasteiger charge is -2.18. The minimum Gasteiger partial charge on any atom is -0.480 e. The second-order valence-corrected chi connectivity index (χ2v) is 3.95. The van der Waals surface area contributed by atoms with Gasteiger partial charge in [0.05, 0.1) is 32.5 Å². The Labute approximate surface area is 111 Å². The summed E-state index contributed by atoms with van der Waals surface area (Å²) in [5.74, 6) is -0.585. The lowest BCUT2D eigenvalue weighted by Crippen LogP contribution is -2.41. The van der Waals surface area contributed by atoms with Crippen molar-refractivity contribution in [3.8, 4) is 0 Å². The number of rotatable bonds is 9. The molecule has 106 valence electrons. The predicted molar refractivity (Wildman–Crippen MR) is 66.5 cm³/mol. The number of nitrogens with zero attached hydrogens (tertiary/aromatic N) is 1. The molecule has 19 heavy (non-hydrogen) atoms. The van der Waals surface area contributed by atoms with Gasteiger partial charge in [-0.15, -0.1) is 0 Å². The molecule has 7 heteroatoms. The average molecular weight is 270 g/mol. The van der Waals surface area contributed by atoms with E-state index >= 15 is 0 Å². The molecule has 0 aliphatic heterocycles. The van der Waals surface area contributed by atoms with Crippen LogP contribution in [0.1, 0.15) is 5.76 Å². The fraction of sp³-hybridized carbons (Fsp3) is 0.500. The van der Waals surface area contributed by atoms with Crippen molar-refractivity contribution in [3.05, 3.63) is 24.2 Å². The number of hydrogen-bond donors (Lipinski definition) is 2. The normalized spacial score (nSPS) is 10.6. The van der Waals surface area contributed by atoms with Gasteiger partial charge in [0, 0.05) is 13.7 Å². The third kappa shape index (κ3) is 6.58. The molecule has 2 N–H and O–H groups in total. The van der Waals surface area contributed by atoms with Gasteiger partial charge in [0.1, 0.15) is 5.76 Å². The second kappa shape index (κ2) is 8.28. The van der Waals surface area contributed by atoms with Gasteiger partial charge in [-0.2, -0.15) is 0 Å². The Morgan fingerprint density at radius 2 is 2.26 bits per heavy atom. The SMILES string of the molecule is COCCN(CC(=O)O)CC(=O)NCc1ccco1. The van der Waals surface area contributed by atoms with Gasteiger partial charge in [-0.1, -0.05) is 0 Å². The van der Waals surface area contributed by atoms with E-state index in [1.54, 1.807) is 12.1 Å². The van der Waals surface area contributed by atoms with E-state index in [1.807, 2.05) is 0 Å². The number of methoxy groups -OCH3 is 1. The zero-order valence-corrected chi connectivity index (χ0v) is 10.8. The molecule has 0 aliphatic carbocycles. The number of carbonyl (C=O) groups is 2. The van der Waals surface area contributed by atoms with Crippen molar-refractivity contribution in [1.29, 1.82) is 0 Å². The number of ether oxygens (including phenoxy) is 1. The van der Waals surface area contributed by atoms with Crippen molar-refractivity contribution >= 4 is 11.9 Å². The van der Waals surface area contributed by atoms with Crippen LogP contribution in [-0.4, -0.2) is 55.2 Å². The number of amides is 1. The van der Waals surface area contributed by atoms with E-state index in [2.05, 4.69) is 5.32 Å². The maximum atomic E-state index is 11.7. The molecule has 0 aliphatic rings. The molecule has 0 spiro atoms. The molecular formula is C12H18N2O5. The van der Waals surface area contributed by atoms with E-state index in [9.17, 15) is 9.59 Å². The van der Waals surface area contributed by atoms with Crippen molar-refractivity contribution in [3.63, 3.8) is 0 Å². The van der Waals surface area contributed by atoms with Crippen molar-refractivity contribution < 1.29 is 23.8 Å². The highest BCUT2D eigenvalue weighted by Crippen LogP contribution is 1.98. The molecule has 1 heterocycles. The summed E-state index contributed by atoms with van der Waals surface area (Å²) in [6.45, 7) is 0.862. The highest BCUT2D eigenvalue weighted by molar-refractivity contribution is 5.78. The minimum atomic E-state index is -0.977. The predicted octanol–water partition coefficient (Wildman–Crippen LogP) is -0.0712. The number of furan rings is 1. The number of aliphatic carboxylic acids is 1. The molecule has 0 aromatic carbocycles. The lowest BCUT2D eigenvalue weighted by atomic mass is 10.4. The van der Waals surface area contributed by atoms with E-state index < -0.39 is 5.97 Å². The van der Waals surface area contributed by atoms with E-state index in [-0.39, 0.29) is 25.5 Å². The Morgan fingerprint density at radius 3 is 2.84 bits per heavy atom. The van der Waals surface area contributed by atoms with E-state index in [0.29, 0.717) is 18.9 Å².